The Hall–Kier alpha value is -1.95. The number of piperidine rings is 1. The number of hydrogen-bond donors (Lipinski definition) is 2. The van der Waals surface area contributed by atoms with Crippen LogP contribution in [0.2, 0.25) is 0 Å². The minimum atomic E-state index is -0.0000675. The molecule has 1 saturated heterocycles. The van der Waals surface area contributed by atoms with Crippen molar-refractivity contribution in [3.8, 4) is 11.5 Å². The maximum absolute atomic E-state index is 12.3. The third kappa shape index (κ3) is 5.06. The molecule has 27 heavy (non-hydrogen) atoms. The van der Waals surface area contributed by atoms with Crippen LogP contribution in [0.15, 0.2) is 24.3 Å². The number of amides is 2. The fourth-order valence-electron chi connectivity index (χ4n) is 4.44. The highest BCUT2D eigenvalue weighted by molar-refractivity contribution is 5.74. The van der Waals surface area contributed by atoms with E-state index in [0.29, 0.717) is 12.6 Å². The fraction of sp³-hybridized carbons (Fsp3) is 0.667. The summed E-state index contributed by atoms with van der Waals surface area (Å²) in [5, 5.41) is 6.35. The molecule has 2 N–H and O–H groups in total. The van der Waals surface area contributed by atoms with Crippen LogP contribution in [0.4, 0.5) is 4.79 Å². The van der Waals surface area contributed by atoms with Crippen LogP contribution in [0.1, 0.15) is 44.9 Å². The highest BCUT2D eigenvalue weighted by Crippen LogP contribution is 2.31. The molecule has 148 valence electrons. The molecule has 4 rings (SSSR count). The smallest absolute Gasteiger partial charge is 0.315 e. The predicted octanol–water partition coefficient (Wildman–Crippen LogP) is 2.92. The first-order valence-corrected chi connectivity index (χ1v) is 10.4. The summed E-state index contributed by atoms with van der Waals surface area (Å²) in [6, 6.07) is 8.39. The Balaban J connectivity index is 1.23. The number of urea groups is 1. The zero-order valence-electron chi connectivity index (χ0n) is 16.0. The van der Waals surface area contributed by atoms with Gasteiger partial charge in [-0.3, -0.25) is 4.90 Å². The largest absolute Gasteiger partial charge is 0.486 e. The first-order chi connectivity index (χ1) is 13.3. The molecule has 6 nitrogen and oxygen atoms in total. The van der Waals surface area contributed by atoms with Crippen LogP contribution in [0, 0.1) is 0 Å². The molecule has 1 saturated carbocycles. The third-order valence-electron chi connectivity index (χ3n) is 5.81. The number of para-hydroxylation sites is 2. The average Bonchev–Trinajstić information content (AvgIpc) is 2.69. The number of ether oxygens (including phenoxy) is 2. The maximum atomic E-state index is 12.3. The van der Waals surface area contributed by atoms with E-state index in [2.05, 4.69) is 15.5 Å². The molecule has 0 unspecified atom stereocenters. The molecule has 1 aromatic carbocycles. The second kappa shape index (κ2) is 8.83. The lowest BCUT2D eigenvalue weighted by Crippen LogP contribution is -2.54. The maximum Gasteiger partial charge on any atom is 0.315 e. The van der Waals surface area contributed by atoms with Gasteiger partial charge < -0.3 is 20.1 Å². The van der Waals surface area contributed by atoms with Gasteiger partial charge in [0.25, 0.3) is 0 Å². The van der Waals surface area contributed by atoms with Gasteiger partial charge >= 0.3 is 6.03 Å². The van der Waals surface area contributed by atoms with Crippen LogP contribution in [0.5, 0.6) is 11.5 Å². The lowest BCUT2D eigenvalue weighted by molar-refractivity contribution is 0.0492. The molecule has 2 heterocycles. The summed E-state index contributed by atoms with van der Waals surface area (Å²) < 4.78 is 11.9. The van der Waals surface area contributed by atoms with Crippen molar-refractivity contribution < 1.29 is 14.3 Å². The number of likely N-dealkylation sites (tertiary alicyclic amines) is 1. The average molecular weight is 373 g/mol. The summed E-state index contributed by atoms with van der Waals surface area (Å²) in [7, 11) is 0. The molecule has 1 aromatic rings. The fourth-order valence-corrected chi connectivity index (χ4v) is 4.44. The number of nitrogens with zero attached hydrogens (tertiary/aromatic N) is 1. The number of hydrogen-bond acceptors (Lipinski definition) is 4. The summed E-state index contributed by atoms with van der Waals surface area (Å²) in [6.07, 6.45) is 8.17. The molecule has 3 aliphatic rings. The van der Waals surface area contributed by atoms with Crippen LogP contribution < -0.4 is 20.1 Å². The molecular formula is C21H31N3O3. The van der Waals surface area contributed by atoms with Gasteiger partial charge in [0.1, 0.15) is 12.7 Å². The van der Waals surface area contributed by atoms with Crippen molar-refractivity contribution in [2.24, 2.45) is 0 Å². The van der Waals surface area contributed by atoms with Crippen LogP contribution in [0.3, 0.4) is 0 Å². The Kier molecular flexibility index (Phi) is 6.02. The van der Waals surface area contributed by atoms with Crippen molar-refractivity contribution in [3.63, 3.8) is 0 Å². The van der Waals surface area contributed by atoms with Crippen molar-refractivity contribution in [1.82, 2.24) is 15.5 Å². The second-order valence-corrected chi connectivity index (χ2v) is 8.05. The van der Waals surface area contributed by atoms with E-state index >= 15 is 0 Å². The zero-order chi connectivity index (χ0) is 18.5. The summed E-state index contributed by atoms with van der Waals surface area (Å²) in [4.78, 5) is 14.7. The topological polar surface area (TPSA) is 62.8 Å². The van der Waals surface area contributed by atoms with Gasteiger partial charge in [-0.15, -0.1) is 0 Å². The van der Waals surface area contributed by atoms with Crippen molar-refractivity contribution in [2.45, 2.75) is 63.1 Å². The van der Waals surface area contributed by atoms with E-state index in [-0.39, 0.29) is 18.2 Å². The second-order valence-electron chi connectivity index (χ2n) is 8.05. The van der Waals surface area contributed by atoms with E-state index in [1.165, 1.54) is 19.3 Å². The Morgan fingerprint density at radius 1 is 1.00 bits per heavy atom. The SMILES string of the molecule is O=C(NC1CCCCC1)N[C@H]1CCCN(C[C@H]2COc3ccccc3O2)C1. The van der Waals surface area contributed by atoms with Crippen LogP contribution >= 0.6 is 0 Å². The summed E-state index contributed by atoms with van der Waals surface area (Å²) in [5.41, 5.74) is 0. The van der Waals surface area contributed by atoms with Crippen LogP contribution in [-0.4, -0.2) is 55.4 Å². The zero-order valence-corrected chi connectivity index (χ0v) is 16.0. The van der Waals surface area contributed by atoms with Gasteiger partial charge in [0.05, 0.1) is 0 Å². The van der Waals surface area contributed by atoms with Crippen molar-refractivity contribution in [3.05, 3.63) is 24.3 Å². The standard InChI is InChI=1S/C21H31N3O3/c25-21(22-16-7-2-1-3-8-16)23-17-9-6-12-24(13-17)14-18-15-26-19-10-4-5-11-20(19)27-18/h4-5,10-11,16-18H,1-3,6-9,12-15H2,(H2,22,23,25)/t17-,18-/m0/s1. The number of rotatable bonds is 4. The number of nitrogens with one attached hydrogen (secondary N) is 2. The monoisotopic (exact) mass is 373 g/mol. The number of carbonyl (C=O) groups is 1. The lowest BCUT2D eigenvalue weighted by Gasteiger charge is -2.36. The third-order valence-corrected chi connectivity index (χ3v) is 5.81. The number of benzene rings is 1. The van der Waals surface area contributed by atoms with Gasteiger partial charge in [0.2, 0.25) is 0 Å². The van der Waals surface area contributed by atoms with Gasteiger partial charge in [0, 0.05) is 25.2 Å². The van der Waals surface area contributed by atoms with E-state index in [1.807, 2.05) is 24.3 Å². The Morgan fingerprint density at radius 3 is 2.59 bits per heavy atom. The van der Waals surface area contributed by atoms with Gasteiger partial charge in [-0.2, -0.15) is 0 Å². The first-order valence-electron chi connectivity index (χ1n) is 10.4. The molecule has 2 aliphatic heterocycles. The summed E-state index contributed by atoms with van der Waals surface area (Å²) >= 11 is 0. The first kappa shape index (κ1) is 18.4. The molecule has 2 amide bonds. The molecule has 2 fully saturated rings. The lowest BCUT2D eigenvalue weighted by atomic mass is 9.96. The normalized spacial score (nSPS) is 26.4. The quantitative estimate of drug-likeness (QED) is 0.852. The van der Waals surface area contributed by atoms with Crippen molar-refractivity contribution >= 4 is 6.03 Å². The van der Waals surface area contributed by atoms with Gasteiger partial charge in [-0.25, -0.2) is 4.79 Å². The summed E-state index contributed by atoms with van der Waals surface area (Å²) in [6.45, 7) is 3.33. The van der Waals surface area contributed by atoms with E-state index in [0.717, 1.165) is 56.8 Å². The summed E-state index contributed by atoms with van der Waals surface area (Å²) in [5.74, 6) is 1.65. The van der Waals surface area contributed by atoms with Crippen LogP contribution in [-0.2, 0) is 0 Å². The molecule has 6 heteroatoms. The Bertz CT molecular complexity index is 633. The van der Waals surface area contributed by atoms with Gasteiger partial charge in [0.15, 0.2) is 11.5 Å². The minimum Gasteiger partial charge on any atom is -0.486 e. The molecule has 2 atom stereocenters. The van der Waals surface area contributed by atoms with E-state index in [1.54, 1.807) is 0 Å². The minimum absolute atomic E-state index is 0.0000675. The van der Waals surface area contributed by atoms with E-state index in [4.69, 9.17) is 9.47 Å². The van der Waals surface area contributed by atoms with Gasteiger partial charge in [-0.05, 0) is 44.4 Å². The van der Waals surface area contributed by atoms with Crippen molar-refractivity contribution in [1.29, 1.82) is 0 Å². The number of fused-ring (bicyclic) bond motifs is 1. The van der Waals surface area contributed by atoms with Crippen molar-refractivity contribution in [2.75, 3.05) is 26.2 Å². The molecule has 1 aliphatic carbocycles. The molecule has 0 radical (unpaired) electrons. The predicted molar refractivity (Wildman–Crippen MR) is 104 cm³/mol. The molecular weight excluding hydrogens is 342 g/mol. The van der Waals surface area contributed by atoms with E-state index < -0.39 is 0 Å². The highest BCUT2D eigenvalue weighted by atomic mass is 16.6. The highest BCUT2D eigenvalue weighted by Gasteiger charge is 2.27. The van der Waals surface area contributed by atoms with Gasteiger partial charge in [-0.1, -0.05) is 31.4 Å². The molecule has 0 aromatic heterocycles. The Labute approximate surface area is 161 Å². The number of carbonyl (C=O) groups excluding carboxylic acids is 1. The van der Waals surface area contributed by atoms with E-state index in [9.17, 15) is 4.79 Å². The van der Waals surface area contributed by atoms with Crippen LogP contribution in [0.25, 0.3) is 0 Å². The molecule has 0 spiro atoms. The molecule has 0 bridgehead atoms. The Morgan fingerprint density at radius 2 is 1.74 bits per heavy atom.